The van der Waals surface area contributed by atoms with E-state index in [1.54, 1.807) is 12.1 Å². The highest BCUT2D eigenvalue weighted by Gasteiger charge is 2.37. The molecule has 2 rings (SSSR count). The van der Waals surface area contributed by atoms with Crippen LogP contribution < -0.4 is 10.5 Å². The third-order valence-electron chi connectivity index (χ3n) is 3.12. The van der Waals surface area contributed by atoms with Gasteiger partial charge in [-0.15, -0.1) is 0 Å². The number of nitrogens with two attached hydrogens (primary N) is 1. The molecule has 3 nitrogen and oxygen atoms in total. The quantitative estimate of drug-likeness (QED) is 0.852. The van der Waals surface area contributed by atoms with Gasteiger partial charge in [0.25, 0.3) is 0 Å². The van der Waals surface area contributed by atoms with Crippen LogP contribution in [-0.4, -0.2) is 17.8 Å². The molecule has 1 aromatic rings. The zero-order chi connectivity index (χ0) is 11.8. The average Bonchev–Trinajstić information content (AvgIpc) is 2.98. The SMILES string of the molecule is COc1cc(Cl)cc(CCC2(N)CC2)c1O. The molecule has 0 unspecified atom stereocenters. The van der Waals surface area contributed by atoms with Crippen LogP contribution in [0.3, 0.4) is 0 Å². The summed E-state index contributed by atoms with van der Waals surface area (Å²) >= 11 is 5.94. The Balaban J connectivity index is 2.15. The van der Waals surface area contributed by atoms with Gasteiger partial charge in [0.05, 0.1) is 7.11 Å². The molecule has 0 bridgehead atoms. The van der Waals surface area contributed by atoms with Gasteiger partial charge < -0.3 is 15.6 Å². The fourth-order valence-corrected chi connectivity index (χ4v) is 2.00. The number of ether oxygens (including phenoxy) is 1. The second-order valence-corrected chi connectivity index (χ2v) is 4.91. The summed E-state index contributed by atoms with van der Waals surface area (Å²) in [6.45, 7) is 0. The van der Waals surface area contributed by atoms with Crippen LogP contribution in [0.25, 0.3) is 0 Å². The van der Waals surface area contributed by atoms with Crippen LogP contribution in [0.15, 0.2) is 12.1 Å². The van der Waals surface area contributed by atoms with E-state index in [-0.39, 0.29) is 11.3 Å². The first-order chi connectivity index (χ1) is 7.54. The molecule has 3 N–H and O–H groups in total. The van der Waals surface area contributed by atoms with E-state index in [1.165, 1.54) is 7.11 Å². The molecule has 0 atom stereocenters. The van der Waals surface area contributed by atoms with Crippen LogP contribution in [0.2, 0.25) is 5.02 Å². The van der Waals surface area contributed by atoms with Crippen LogP contribution in [0, 0.1) is 0 Å². The van der Waals surface area contributed by atoms with Crippen molar-refractivity contribution >= 4 is 11.6 Å². The van der Waals surface area contributed by atoms with Crippen molar-refractivity contribution in [3.8, 4) is 11.5 Å². The normalized spacial score (nSPS) is 17.2. The monoisotopic (exact) mass is 241 g/mol. The summed E-state index contributed by atoms with van der Waals surface area (Å²) in [5, 5.41) is 10.5. The number of aromatic hydroxyl groups is 1. The summed E-state index contributed by atoms with van der Waals surface area (Å²) < 4.78 is 5.05. The highest BCUT2D eigenvalue weighted by Crippen LogP contribution is 2.39. The Hall–Kier alpha value is -0.930. The number of phenolic OH excluding ortho intramolecular Hbond substituents is 1. The van der Waals surface area contributed by atoms with Crippen LogP contribution in [0.5, 0.6) is 11.5 Å². The lowest BCUT2D eigenvalue weighted by molar-refractivity contribution is 0.370. The summed E-state index contributed by atoms with van der Waals surface area (Å²) in [5.41, 5.74) is 6.80. The highest BCUT2D eigenvalue weighted by atomic mass is 35.5. The van der Waals surface area contributed by atoms with Crippen LogP contribution in [0.1, 0.15) is 24.8 Å². The molecule has 16 heavy (non-hydrogen) atoms. The fraction of sp³-hybridized carbons (Fsp3) is 0.500. The summed E-state index contributed by atoms with van der Waals surface area (Å²) in [5.74, 6) is 0.598. The van der Waals surface area contributed by atoms with Crippen molar-refractivity contribution in [2.75, 3.05) is 7.11 Å². The van der Waals surface area contributed by atoms with Crippen LogP contribution in [0.4, 0.5) is 0 Å². The first-order valence-electron chi connectivity index (χ1n) is 5.38. The Kier molecular flexibility index (Phi) is 3.00. The van der Waals surface area contributed by atoms with E-state index in [4.69, 9.17) is 22.1 Å². The lowest BCUT2D eigenvalue weighted by Gasteiger charge is -2.12. The average molecular weight is 242 g/mol. The van der Waals surface area contributed by atoms with Gasteiger partial charge in [-0.3, -0.25) is 0 Å². The van der Waals surface area contributed by atoms with E-state index in [9.17, 15) is 5.11 Å². The number of benzene rings is 1. The molecule has 0 heterocycles. The van der Waals surface area contributed by atoms with Gasteiger partial charge in [0.15, 0.2) is 11.5 Å². The third-order valence-corrected chi connectivity index (χ3v) is 3.34. The van der Waals surface area contributed by atoms with Gasteiger partial charge in [0.2, 0.25) is 0 Å². The lowest BCUT2D eigenvalue weighted by Crippen LogP contribution is -2.22. The topological polar surface area (TPSA) is 55.5 Å². The number of methoxy groups -OCH3 is 1. The van der Waals surface area contributed by atoms with Crippen molar-refractivity contribution in [3.63, 3.8) is 0 Å². The minimum atomic E-state index is -0.0119. The molecule has 0 aromatic heterocycles. The fourth-order valence-electron chi connectivity index (χ4n) is 1.77. The zero-order valence-corrected chi connectivity index (χ0v) is 10.0. The molecule has 4 heteroatoms. The number of phenols is 1. The largest absolute Gasteiger partial charge is 0.504 e. The summed E-state index contributed by atoms with van der Waals surface area (Å²) in [6, 6.07) is 3.38. The predicted octanol–water partition coefficient (Wildman–Crippen LogP) is 2.48. The van der Waals surface area contributed by atoms with E-state index in [0.717, 1.165) is 31.2 Å². The Morgan fingerprint density at radius 1 is 1.50 bits per heavy atom. The Morgan fingerprint density at radius 2 is 2.19 bits per heavy atom. The first kappa shape index (κ1) is 11.6. The van der Waals surface area contributed by atoms with Gasteiger partial charge in [0, 0.05) is 16.6 Å². The highest BCUT2D eigenvalue weighted by molar-refractivity contribution is 6.30. The Labute approximate surface area is 100 Å². The number of hydrogen-bond donors (Lipinski definition) is 2. The molecular weight excluding hydrogens is 226 g/mol. The molecule has 88 valence electrons. The van der Waals surface area contributed by atoms with Gasteiger partial charge in [0.1, 0.15) is 0 Å². The van der Waals surface area contributed by atoms with E-state index in [1.807, 2.05) is 0 Å². The van der Waals surface area contributed by atoms with Crippen molar-refractivity contribution in [1.82, 2.24) is 0 Å². The van der Waals surface area contributed by atoms with Gasteiger partial charge in [-0.1, -0.05) is 11.6 Å². The van der Waals surface area contributed by atoms with Crippen LogP contribution in [-0.2, 0) is 6.42 Å². The van der Waals surface area contributed by atoms with E-state index in [2.05, 4.69) is 0 Å². The number of aryl methyl sites for hydroxylation is 1. The molecule has 0 amide bonds. The maximum absolute atomic E-state index is 9.91. The van der Waals surface area contributed by atoms with E-state index < -0.39 is 0 Å². The second kappa shape index (κ2) is 4.15. The molecule has 1 aliphatic rings. The molecule has 0 saturated heterocycles. The molecule has 0 radical (unpaired) electrons. The zero-order valence-electron chi connectivity index (χ0n) is 9.29. The Bertz CT molecular complexity index is 402. The molecule has 0 spiro atoms. The summed E-state index contributed by atoms with van der Waals surface area (Å²) in [7, 11) is 1.51. The summed E-state index contributed by atoms with van der Waals surface area (Å²) in [4.78, 5) is 0. The van der Waals surface area contributed by atoms with E-state index in [0.29, 0.717) is 10.8 Å². The standard InChI is InChI=1S/C12H16ClNO2/c1-16-10-7-9(13)6-8(11(10)15)2-3-12(14)4-5-12/h6-7,15H,2-5,14H2,1H3. The minimum Gasteiger partial charge on any atom is -0.504 e. The van der Waals surface area contributed by atoms with E-state index >= 15 is 0 Å². The van der Waals surface area contributed by atoms with Gasteiger partial charge in [-0.2, -0.15) is 0 Å². The number of hydrogen-bond acceptors (Lipinski definition) is 3. The van der Waals surface area contributed by atoms with Gasteiger partial charge in [-0.25, -0.2) is 0 Å². The van der Waals surface area contributed by atoms with Crippen molar-refractivity contribution < 1.29 is 9.84 Å². The number of halogens is 1. The lowest BCUT2D eigenvalue weighted by atomic mass is 10.0. The maximum atomic E-state index is 9.91. The van der Waals surface area contributed by atoms with Gasteiger partial charge >= 0.3 is 0 Å². The molecule has 0 aliphatic heterocycles. The van der Waals surface area contributed by atoms with Gasteiger partial charge in [-0.05, 0) is 37.3 Å². The van der Waals surface area contributed by atoms with Crippen LogP contribution >= 0.6 is 11.6 Å². The predicted molar refractivity (Wildman–Crippen MR) is 64.1 cm³/mol. The molecule has 1 aromatic carbocycles. The molecule has 1 saturated carbocycles. The van der Waals surface area contributed by atoms with Crippen molar-refractivity contribution in [2.45, 2.75) is 31.2 Å². The second-order valence-electron chi connectivity index (χ2n) is 4.48. The van der Waals surface area contributed by atoms with Crippen molar-refractivity contribution in [2.24, 2.45) is 5.73 Å². The van der Waals surface area contributed by atoms with Crippen molar-refractivity contribution in [3.05, 3.63) is 22.7 Å². The summed E-state index contributed by atoms with van der Waals surface area (Å²) in [6.07, 6.45) is 3.76. The smallest absolute Gasteiger partial charge is 0.162 e. The minimum absolute atomic E-state index is 0.0119. The molecular formula is C12H16ClNO2. The van der Waals surface area contributed by atoms with Crippen molar-refractivity contribution in [1.29, 1.82) is 0 Å². The molecule has 1 aliphatic carbocycles. The maximum Gasteiger partial charge on any atom is 0.162 e. The molecule has 1 fully saturated rings. The number of rotatable bonds is 4. The first-order valence-corrected chi connectivity index (χ1v) is 5.76. The third kappa shape index (κ3) is 2.42. The Morgan fingerprint density at radius 3 is 2.75 bits per heavy atom.